The van der Waals surface area contributed by atoms with Crippen molar-refractivity contribution in [3.05, 3.63) is 80.9 Å². The first-order valence-corrected chi connectivity index (χ1v) is 9.02. The normalized spacial score (nSPS) is 10.7. The van der Waals surface area contributed by atoms with Gasteiger partial charge in [0.15, 0.2) is 0 Å². The Bertz CT molecular complexity index is 784. The Morgan fingerprint density at radius 1 is 0.750 bits per heavy atom. The van der Waals surface area contributed by atoms with Crippen molar-refractivity contribution >= 4 is 45.3 Å². The standard InChI is InChI=1S/C21H21IN2/c1-14-4-8-18(9-5-14)24(19-10-6-17(23)7-11-19)21-16(3)12-15(2)13-20(21)22/h4-13H,23H2,1-3H3. The Morgan fingerprint density at radius 3 is 1.83 bits per heavy atom. The lowest BCUT2D eigenvalue weighted by Crippen LogP contribution is -2.13. The fraction of sp³-hybridized carbons (Fsp3) is 0.143. The SMILES string of the molecule is Cc1ccc(N(c2ccc(N)cc2)c2c(C)cc(C)cc2I)cc1. The molecule has 3 heteroatoms. The Balaban J connectivity index is 2.22. The van der Waals surface area contributed by atoms with Gasteiger partial charge in [0, 0.05) is 20.6 Å². The molecular formula is C21H21IN2. The molecule has 0 spiro atoms. The Labute approximate surface area is 157 Å². The summed E-state index contributed by atoms with van der Waals surface area (Å²) in [5.74, 6) is 0. The van der Waals surface area contributed by atoms with E-state index in [0.29, 0.717) is 0 Å². The minimum absolute atomic E-state index is 0.776. The molecule has 3 aromatic carbocycles. The molecule has 3 rings (SSSR count). The highest BCUT2D eigenvalue weighted by Gasteiger charge is 2.17. The average molecular weight is 428 g/mol. The van der Waals surface area contributed by atoms with Crippen molar-refractivity contribution in [3.63, 3.8) is 0 Å². The molecule has 0 aliphatic rings. The highest BCUT2D eigenvalue weighted by Crippen LogP contribution is 2.40. The van der Waals surface area contributed by atoms with Crippen LogP contribution >= 0.6 is 22.6 Å². The van der Waals surface area contributed by atoms with E-state index in [0.717, 1.165) is 17.1 Å². The summed E-state index contributed by atoms with van der Waals surface area (Å²) in [6.45, 7) is 6.42. The summed E-state index contributed by atoms with van der Waals surface area (Å²) in [6.07, 6.45) is 0. The third kappa shape index (κ3) is 3.41. The molecule has 0 aliphatic carbocycles. The number of hydrogen-bond acceptors (Lipinski definition) is 2. The topological polar surface area (TPSA) is 29.3 Å². The molecule has 0 radical (unpaired) electrons. The average Bonchev–Trinajstić information content (AvgIpc) is 2.53. The minimum atomic E-state index is 0.776. The number of benzene rings is 3. The van der Waals surface area contributed by atoms with Crippen molar-refractivity contribution in [2.45, 2.75) is 20.8 Å². The summed E-state index contributed by atoms with van der Waals surface area (Å²) < 4.78 is 1.24. The lowest BCUT2D eigenvalue weighted by Gasteiger charge is -2.28. The summed E-state index contributed by atoms with van der Waals surface area (Å²) in [6, 6.07) is 21.1. The second kappa shape index (κ2) is 6.85. The first kappa shape index (κ1) is 16.8. The molecule has 2 nitrogen and oxygen atoms in total. The van der Waals surface area contributed by atoms with E-state index in [1.807, 2.05) is 12.1 Å². The number of halogens is 1. The first-order chi connectivity index (χ1) is 11.5. The van der Waals surface area contributed by atoms with E-state index >= 15 is 0 Å². The van der Waals surface area contributed by atoms with Crippen LogP contribution in [0.25, 0.3) is 0 Å². The maximum Gasteiger partial charge on any atom is 0.0624 e. The summed E-state index contributed by atoms with van der Waals surface area (Å²) in [5, 5.41) is 0. The number of nitrogens with two attached hydrogens (primary N) is 1. The van der Waals surface area contributed by atoms with Crippen LogP contribution < -0.4 is 10.6 Å². The van der Waals surface area contributed by atoms with Crippen molar-refractivity contribution in [1.82, 2.24) is 0 Å². The molecule has 3 aromatic rings. The fourth-order valence-electron chi connectivity index (χ4n) is 2.92. The van der Waals surface area contributed by atoms with E-state index < -0.39 is 0 Å². The van der Waals surface area contributed by atoms with E-state index in [9.17, 15) is 0 Å². The van der Waals surface area contributed by atoms with Gasteiger partial charge in [-0.15, -0.1) is 0 Å². The number of anilines is 4. The van der Waals surface area contributed by atoms with Gasteiger partial charge >= 0.3 is 0 Å². The van der Waals surface area contributed by atoms with Crippen LogP contribution in [0.4, 0.5) is 22.7 Å². The van der Waals surface area contributed by atoms with Gasteiger partial charge in [-0.1, -0.05) is 23.8 Å². The van der Waals surface area contributed by atoms with E-state index in [1.54, 1.807) is 0 Å². The van der Waals surface area contributed by atoms with Crippen LogP contribution in [0.3, 0.4) is 0 Å². The van der Waals surface area contributed by atoms with Gasteiger partial charge in [0.05, 0.1) is 5.69 Å². The molecule has 0 aliphatic heterocycles. The number of rotatable bonds is 3. The molecular weight excluding hydrogens is 407 g/mol. The Kier molecular flexibility index (Phi) is 4.81. The quantitative estimate of drug-likeness (QED) is 0.394. The molecule has 122 valence electrons. The van der Waals surface area contributed by atoms with Crippen molar-refractivity contribution in [2.24, 2.45) is 0 Å². The zero-order valence-electron chi connectivity index (χ0n) is 14.2. The number of aryl methyl sites for hydroxylation is 3. The van der Waals surface area contributed by atoms with Crippen molar-refractivity contribution in [3.8, 4) is 0 Å². The van der Waals surface area contributed by atoms with Gasteiger partial charge in [0.25, 0.3) is 0 Å². The Morgan fingerprint density at radius 2 is 1.29 bits per heavy atom. The van der Waals surface area contributed by atoms with Crippen LogP contribution in [0.1, 0.15) is 16.7 Å². The fourth-order valence-corrected chi connectivity index (χ4v) is 4.07. The van der Waals surface area contributed by atoms with Crippen LogP contribution in [0.15, 0.2) is 60.7 Å². The van der Waals surface area contributed by atoms with E-state index in [2.05, 4.69) is 96.8 Å². The Hall–Kier alpha value is -2.01. The zero-order chi connectivity index (χ0) is 17.3. The van der Waals surface area contributed by atoms with Crippen molar-refractivity contribution in [2.75, 3.05) is 10.6 Å². The molecule has 0 heterocycles. The third-order valence-corrected chi connectivity index (χ3v) is 4.89. The lowest BCUT2D eigenvalue weighted by atomic mass is 10.1. The number of hydrogen-bond donors (Lipinski definition) is 1. The largest absolute Gasteiger partial charge is 0.399 e. The smallest absolute Gasteiger partial charge is 0.0624 e. The summed E-state index contributed by atoms with van der Waals surface area (Å²) >= 11 is 2.43. The summed E-state index contributed by atoms with van der Waals surface area (Å²) in [5.41, 5.74) is 13.9. The van der Waals surface area contributed by atoms with Gasteiger partial charge in [0.1, 0.15) is 0 Å². The summed E-state index contributed by atoms with van der Waals surface area (Å²) in [7, 11) is 0. The molecule has 0 amide bonds. The van der Waals surface area contributed by atoms with Gasteiger partial charge in [0.2, 0.25) is 0 Å². The van der Waals surface area contributed by atoms with E-state index in [-0.39, 0.29) is 0 Å². The highest BCUT2D eigenvalue weighted by atomic mass is 127. The molecule has 0 saturated carbocycles. The minimum Gasteiger partial charge on any atom is -0.399 e. The van der Waals surface area contributed by atoms with E-state index in [1.165, 1.54) is 25.9 Å². The second-order valence-electron chi connectivity index (χ2n) is 6.17. The van der Waals surface area contributed by atoms with Crippen LogP contribution in [-0.2, 0) is 0 Å². The predicted octanol–water partition coefficient (Wildman–Crippen LogP) is 6.27. The molecule has 0 saturated heterocycles. The lowest BCUT2D eigenvalue weighted by molar-refractivity contribution is 1.22. The number of nitrogens with zero attached hydrogens (tertiary/aromatic N) is 1. The molecule has 0 unspecified atom stereocenters. The number of nitrogen functional groups attached to an aromatic ring is 1. The second-order valence-corrected chi connectivity index (χ2v) is 7.34. The van der Waals surface area contributed by atoms with Crippen LogP contribution in [0.2, 0.25) is 0 Å². The van der Waals surface area contributed by atoms with Crippen LogP contribution in [-0.4, -0.2) is 0 Å². The molecule has 0 fully saturated rings. The van der Waals surface area contributed by atoms with Crippen LogP contribution in [0.5, 0.6) is 0 Å². The van der Waals surface area contributed by atoms with Gasteiger partial charge in [-0.25, -0.2) is 0 Å². The van der Waals surface area contributed by atoms with Crippen LogP contribution in [0, 0.1) is 24.3 Å². The molecule has 0 aromatic heterocycles. The van der Waals surface area contributed by atoms with Crippen molar-refractivity contribution in [1.29, 1.82) is 0 Å². The zero-order valence-corrected chi connectivity index (χ0v) is 16.3. The molecule has 0 atom stereocenters. The van der Waals surface area contributed by atoms with Gasteiger partial charge in [-0.05, 0) is 97.0 Å². The van der Waals surface area contributed by atoms with E-state index in [4.69, 9.17) is 5.73 Å². The molecule has 2 N–H and O–H groups in total. The molecule has 24 heavy (non-hydrogen) atoms. The maximum absolute atomic E-state index is 5.88. The molecule has 0 bridgehead atoms. The van der Waals surface area contributed by atoms with Gasteiger partial charge in [-0.2, -0.15) is 0 Å². The van der Waals surface area contributed by atoms with Crippen molar-refractivity contribution < 1.29 is 0 Å². The first-order valence-electron chi connectivity index (χ1n) is 7.95. The maximum atomic E-state index is 5.88. The third-order valence-electron chi connectivity index (χ3n) is 4.07. The van der Waals surface area contributed by atoms with Gasteiger partial charge in [-0.3, -0.25) is 0 Å². The highest BCUT2D eigenvalue weighted by molar-refractivity contribution is 14.1. The predicted molar refractivity (Wildman–Crippen MR) is 112 cm³/mol. The summed E-state index contributed by atoms with van der Waals surface area (Å²) in [4.78, 5) is 2.30. The monoisotopic (exact) mass is 428 g/mol. The van der Waals surface area contributed by atoms with Gasteiger partial charge < -0.3 is 10.6 Å².